The largest absolute Gasteiger partial charge is 0.485 e. The molecule has 2 aromatic heterocycles. The average Bonchev–Trinajstić information content (AvgIpc) is 3.73. The lowest BCUT2D eigenvalue weighted by atomic mass is 10.0. The molecule has 47 heavy (non-hydrogen) atoms. The number of para-hydroxylation sites is 1. The molecule has 11 nitrogen and oxygen atoms in total. The molecule has 0 amide bonds. The minimum atomic E-state index is -0.727. The van der Waals surface area contributed by atoms with Crippen molar-refractivity contribution in [3.05, 3.63) is 88.8 Å². The highest BCUT2D eigenvalue weighted by atomic mass is 16.6. The van der Waals surface area contributed by atoms with Crippen molar-refractivity contribution in [2.24, 2.45) is 0 Å². The molecule has 0 bridgehead atoms. The van der Waals surface area contributed by atoms with Crippen LogP contribution in [0.15, 0.2) is 82.1 Å². The zero-order valence-electron chi connectivity index (χ0n) is 26.6. The predicted molar refractivity (Wildman–Crippen MR) is 175 cm³/mol. The fourth-order valence-corrected chi connectivity index (χ4v) is 6.20. The first kappa shape index (κ1) is 30.9. The first-order chi connectivity index (χ1) is 22.5. The van der Waals surface area contributed by atoms with Crippen LogP contribution in [0.25, 0.3) is 33.3 Å². The lowest BCUT2D eigenvalue weighted by Gasteiger charge is -2.22. The maximum atomic E-state index is 14.0. The Kier molecular flexibility index (Phi) is 7.99. The SMILES string of the molecule is C[C@@H](Nc1cnc(-c2ccc(O[C@@H]3CO[C@H]4[C@@H]3OC[C@H]4O)cc2)n(CC(=O)OC(C)(C)C)c1=O)c1ccc2oc3ccccc3c2c1. The molecule has 5 atom stereocenters. The van der Waals surface area contributed by atoms with Crippen molar-refractivity contribution in [1.29, 1.82) is 0 Å². The summed E-state index contributed by atoms with van der Waals surface area (Å²) in [7, 11) is 0. The van der Waals surface area contributed by atoms with E-state index in [0.717, 1.165) is 27.5 Å². The second-order valence-corrected chi connectivity index (χ2v) is 13.0. The van der Waals surface area contributed by atoms with Gasteiger partial charge in [0.1, 0.15) is 58.9 Å². The fraction of sp³-hybridized carbons (Fsp3) is 0.361. The van der Waals surface area contributed by atoms with Gasteiger partial charge in [-0.1, -0.05) is 24.3 Å². The van der Waals surface area contributed by atoms with Crippen LogP contribution in [0.5, 0.6) is 5.75 Å². The van der Waals surface area contributed by atoms with Gasteiger partial charge in [-0.25, -0.2) is 4.98 Å². The van der Waals surface area contributed by atoms with E-state index in [0.29, 0.717) is 23.7 Å². The summed E-state index contributed by atoms with van der Waals surface area (Å²) in [5, 5.41) is 15.3. The van der Waals surface area contributed by atoms with E-state index in [1.165, 1.54) is 10.8 Å². The normalized spacial score (nSPS) is 21.6. The van der Waals surface area contributed by atoms with Gasteiger partial charge in [-0.2, -0.15) is 0 Å². The Morgan fingerprint density at radius 3 is 2.55 bits per heavy atom. The number of nitrogens with one attached hydrogen (secondary N) is 1. The Morgan fingerprint density at radius 1 is 1.02 bits per heavy atom. The maximum Gasteiger partial charge on any atom is 0.326 e. The van der Waals surface area contributed by atoms with Crippen molar-refractivity contribution < 1.29 is 33.3 Å². The Labute approximate surface area is 271 Å². The van der Waals surface area contributed by atoms with E-state index in [2.05, 4.69) is 16.4 Å². The van der Waals surface area contributed by atoms with E-state index in [-0.39, 0.29) is 37.1 Å². The van der Waals surface area contributed by atoms with E-state index < -0.39 is 29.3 Å². The minimum Gasteiger partial charge on any atom is -0.485 e. The lowest BCUT2D eigenvalue weighted by Crippen LogP contribution is -2.34. The van der Waals surface area contributed by atoms with Crippen molar-refractivity contribution in [1.82, 2.24) is 9.55 Å². The van der Waals surface area contributed by atoms with Gasteiger partial charge in [0.05, 0.1) is 19.4 Å². The summed E-state index contributed by atoms with van der Waals surface area (Å²) in [6.45, 7) is 7.50. The standard InChI is InChI=1S/C36H37N3O8/c1-20(22-11-14-29-25(15-22)24-7-5-6-8-28(24)46-29)38-26-16-37-34(39(35(26)42)17-31(41)47-36(2,3)4)21-9-12-23(13-10-21)45-30-19-44-32-27(40)18-43-33(30)32/h5-16,20,27,30,32-33,38,40H,17-19H2,1-4H3/t20-,27-,30-,32-,33-/m1/s1. The number of nitrogens with zero attached hydrogens (tertiary/aromatic N) is 2. The van der Waals surface area contributed by atoms with Gasteiger partial charge in [0, 0.05) is 22.4 Å². The van der Waals surface area contributed by atoms with Crippen LogP contribution in [0.1, 0.15) is 39.3 Å². The Bertz CT molecular complexity index is 1990. The first-order valence-corrected chi connectivity index (χ1v) is 15.7. The van der Waals surface area contributed by atoms with Gasteiger partial charge in [-0.3, -0.25) is 14.2 Å². The minimum absolute atomic E-state index is 0.218. The third kappa shape index (κ3) is 6.21. The van der Waals surface area contributed by atoms with Gasteiger partial charge < -0.3 is 33.8 Å². The fourth-order valence-electron chi connectivity index (χ4n) is 6.20. The molecule has 5 aromatic rings. The number of anilines is 1. The van der Waals surface area contributed by atoms with E-state index in [9.17, 15) is 14.7 Å². The number of carbonyl (C=O) groups is 1. The predicted octanol–water partition coefficient (Wildman–Crippen LogP) is 5.23. The summed E-state index contributed by atoms with van der Waals surface area (Å²) in [6, 6.07) is 20.7. The molecule has 2 saturated heterocycles. The van der Waals surface area contributed by atoms with Gasteiger partial charge in [0.2, 0.25) is 0 Å². The molecule has 2 N–H and O–H groups in total. The molecule has 0 radical (unpaired) electrons. The first-order valence-electron chi connectivity index (χ1n) is 15.7. The van der Waals surface area contributed by atoms with Gasteiger partial charge >= 0.3 is 5.97 Å². The molecule has 0 saturated carbocycles. The third-order valence-electron chi connectivity index (χ3n) is 8.41. The highest BCUT2D eigenvalue weighted by Crippen LogP contribution is 2.32. The second-order valence-electron chi connectivity index (χ2n) is 13.0. The lowest BCUT2D eigenvalue weighted by molar-refractivity contribution is -0.155. The molecule has 0 aliphatic carbocycles. The molecular weight excluding hydrogens is 602 g/mol. The van der Waals surface area contributed by atoms with Crippen LogP contribution in [0.2, 0.25) is 0 Å². The molecule has 2 fully saturated rings. The van der Waals surface area contributed by atoms with Gasteiger partial charge in [-0.15, -0.1) is 0 Å². The summed E-state index contributed by atoms with van der Waals surface area (Å²) in [5.74, 6) is 0.326. The van der Waals surface area contributed by atoms with E-state index in [4.69, 9.17) is 23.4 Å². The van der Waals surface area contributed by atoms with Crippen LogP contribution < -0.4 is 15.6 Å². The van der Waals surface area contributed by atoms with Crippen LogP contribution in [0, 0.1) is 0 Å². The van der Waals surface area contributed by atoms with Crippen molar-refractivity contribution in [3.63, 3.8) is 0 Å². The number of aromatic nitrogens is 2. The number of ether oxygens (including phenoxy) is 4. The third-order valence-corrected chi connectivity index (χ3v) is 8.41. The van der Waals surface area contributed by atoms with Crippen LogP contribution >= 0.6 is 0 Å². The van der Waals surface area contributed by atoms with Crippen molar-refractivity contribution in [2.75, 3.05) is 18.5 Å². The number of hydrogen-bond donors (Lipinski definition) is 2. The number of furan rings is 1. The molecular formula is C36H37N3O8. The van der Waals surface area contributed by atoms with Gasteiger partial charge in [0.25, 0.3) is 5.56 Å². The second kappa shape index (κ2) is 12.1. The van der Waals surface area contributed by atoms with Gasteiger partial charge in [0.15, 0.2) is 6.10 Å². The maximum absolute atomic E-state index is 14.0. The Balaban J connectivity index is 1.16. The van der Waals surface area contributed by atoms with E-state index >= 15 is 0 Å². The van der Waals surface area contributed by atoms with Crippen molar-refractivity contribution in [3.8, 4) is 17.1 Å². The van der Waals surface area contributed by atoms with Crippen LogP contribution in [0.3, 0.4) is 0 Å². The summed E-state index contributed by atoms with van der Waals surface area (Å²) in [5.41, 5.74) is 2.28. The van der Waals surface area contributed by atoms with E-state index in [1.807, 2.05) is 43.3 Å². The van der Waals surface area contributed by atoms with Crippen LogP contribution in [-0.4, -0.2) is 63.9 Å². The summed E-state index contributed by atoms with van der Waals surface area (Å²) >= 11 is 0. The van der Waals surface area contributed by atoms with Gasteiger partial charge in [-0.05, 0) is 75.7 Å². The topological polar surface area (TPSA) is 134 Å². The number of rotatable bonds is 8. The number of benzene rings is 3. The highest BCUT2D eigenvalue weighted by Gasteiger charge is 2.48. The quantitative estimate of drug-likeness (QED) is 0.217. The summed E-state index contributed by atoms with van der Waals surface area (Å²) in [6.07, 6.45) is -0.256. The zero-order valence-corrected chi connectivity index (χ0v) is 26.6. The zero-order chi connectivity index (χ0) is 32.9. The number of aliphatic hydroxyl groups excluding tert-OH is 1. The van der Waals surface area contributed by atoms with Crippen molar-refractivity contribution >= 4 is 33.6 Å². The van der Waals surface area contributed by atoms with Crippen LogP contribution in [-0.2, 0) is 25.5 Å². The van der Waals surface area contributed by atoms with Crippen LogP contribution in [0.4, 0.5) is 5.69 Å². The molecule has 4 heterocycles. The number of esters is 1. The summed E-state index contributed by atoms with van der Waals surface area (Å²) < 4.78 is 30.3. The van der Waals surface area contributed by atoms with Crippen molar-refractivity contribution in [2.45, 2.75) is 70.3 Å². The number of hydrogen-bond acceptors (Lipinski definition) is 10. The molecule has 11 heteroatoms. The van der Waals surface area contributed by atoms with E-state index in [1.54, 1.807) is 45.0 Å². The molecule has 0 spiro atoms. The summed E-state index contributed by atoms with van der Waals surface area (Å²) in [4.78, 5) is 31.6. The number of fused-ring (bicyclic) bond motifs is 4. The number of carbonyl (C=O) groups excluding carboxylic acids is 1. The Morgan fingerprint density at radius 2 is 1.77 bits per heavy atom. The molecule has 244 valence electrons. The number of aliphatic hydroxyl groups is 1. The molecule has 2 aliphatic rings. The molecule has 0 unspecified atom stereocenters. The molecule has 7 rings (SSSR count). The monoisotopic (exact) mass is 639 g/mol. The molecule has 3 aromatic carbocycles. The Hall–Kier alpha value is -4.71. The average molecular weight is 640 g/mol. The smallest absolute Gasteiger partial charge is 0.326 e. The molecule has 2 aliphatic heterocycles. The highest BCUT2D eigenvalue weighted by molar-refractivity contribution is 6.05.